The lowest BCUT2D eigenvalue weighted by Gasteiger charge is -2.28. The first-order chi connectivity index (χ1) is 8.51. The molecule has 1 saturated carbocycles. The molecule has 106 valence electrons. The molecule has 1 aliphatic carbocycles. The summed E-state index contributed by atoms with van der Waals surface area (Å²) in [6, 6.07) is 0.0342. The van der Waals surface area contributed by atoms with Crippen molar-refractivity contribution in [2.45, 2.75) is 65.0 Å². The number of rotatable bonds is 5. The third kappa shape index (κ3) is 5.71. The van der Waals surface area contributed by atoms with E-state index in [4.69, 9.17) is 0 Å². The van der Waals surface area contributed by atoms with Crippen LogP contribution in [-0.4, -0.2) is 29.8 Å². The minimum absolute atomic E-state index is 0.00662. The van der Waals surface area contributed by atoms with Gasteiger partial charge < -0.3 is 15.7 Å². The van der Waals surface area contributed by atoms with Crippen molar-refractivity contribution in [3.63, 3.8) is 0 Å². The molecule has 1 rings (SSSR count). The molecule has 4 heteroatoms. The molecule has 1 aliphatic rings. The number of hydrogen-bond acceptors (Lipinski definition) is 2. The number of amides is 2. The topological polar surface area (TPSA) is 61.4 Å². The van der Waals surface area contributed by atoms with Crippen LogP contribution in [0.3, 0.4) is 0 Å². The second kappa shape index (κ2) is 7.62. The van der Waals surface area contributed by atoms with Gasteiger partial charge >= 0.3 is 6.03 Å². The SMILES string of the molecule is CC(C)CC(CO)NC(=O)NC1CCCC(C)C1. The molecule has 0 aromatic heterocycles. The van der Waals surface area contributed by atoms with Crippen LogP contribution < -0.4 is 10.6 Å². The van der Waals surface area contributed by atoms with Crippen LogP contribution in [0.25, 0.3) is 0 Å². The largest absolute Gasteiger partial charge is 0.394 e. The van der Waals surface area contributed by atoms with Crippen LogP contribution in [0.2, 0.25) is 0 Å². The van der Waals surface area contributed by atoms with Gasteiger partial charge in [-0.25, -0.2) is 4.79 Å². The molecule has 2 amide bonds. The normalized spacial score (nSPS) is 25.8. The van der Waals surface area contributed by atoms with Gasteiger partial charge in [-0.3, -0.25) is 0 Å². The van der Waals surface area contributed by atoms with Gasteiger partial charge in [0.05, 0.1) is 12.6 Å². The van der Waals surface area contributed by atoms with Crippen molar-refractivity contribution in [2.75, 3.05) is 6.61 Å². The molecule has 4 nitrogen and oxygen atoms in total. The standard InChI is InChI=1S/C14H28N2O2/c1-10(2)7-13(9-17)16-14(18)15-12-6-4-5-11(3)8-12/h10-13,17H,4-9H2,1-3H3,(H2,15,16,18). The van der Waals surface area contributed by atoms with Crippen molar-refractivity contribution in [2.24, 2.45) is 11.8 Å². The molecule has 3 atom stereocenters. The second-order valence-electron chi connectivity index (χ2n) is 6.10. The lowest BCUT2D eigenvalue weighted by Crippen LogP contribution is -2.48. The fourth-order valence-electron chi connectivity index (χ4n) is 2.73. The van der Waals surface area contributed by atoms with Crippen molar-refractivity contribution >= 4 is 6.03 Å². The van der Waals surface area contributed by atoms with E-state index in [0.717, 1.165) is 19.3 Å². The summed E-state index contributed by atoms with van der Waals surface area (Å²) in [5.41, 5.74) is 0. The van der Waals surface area contributed by atoms with E-state index in [1.807, 2.05) is 0 Å². The zero-order valence-corrected chi connectivity index (χ0v) is 11.9. The Morgan fingerprint density at radius 2 is 2.11 bits per heavy atom. The van der Waals surface area contributed by atoms with Crippen LogP contribution in [0.15, 0.2) is 0 Å². The molecule has 0 aromatic rings. The van der Waals surface area contributed by atoms with Crippen LogP contribution in [0.4, 0.5) is 4.79 Å². The summed E-state index contributed by atoms with van der Waals surface area (Å²) in [6.07, 6.45) is 5.42. The molecule has 1 fully saturated rings. The van der Waals surface area contributed by atoms with Crippen molar-refractivity contribution in [3.05, 3.63) is 0 Å². The molecule has 0 bridgehead atoms. The van der Waals surface area contributed by atoms with E-state index in [0.29, 0.717) is 17.9 Å². The Hall–Kier alpha value is -0.770. The average Bonchev–Trinajstić information content (AvgIpc) is 2.27. The minimum atomic E-state index is -0.133. The molecular weight excluding hydrogens is 228 g/mol. The van der Waals surface area contributed by atoms with E-state index in [-0.39, 0.29) is 18.7 Å². The van der Waals surface area contributed by atoms with Gasteiger partial charge in [-0.05, 0) is 31.1 Å². The van der Waals surface area contributed by atoms with E-state index in [1.54, 1.807) is 0 Å². The Labute approximate surface area is 111 Å². The zero-order chi connectivity index (χ0) is 13.5. The predicted octanol–water partition coefficient (Wildman–Crippen LogP) is 2.27. The maximum atomic E-state index is 11.8. The number of carbonyl (C=O) groups is 1. The third-order valence-corrected chi connectivity index (χ3v) is 3.58. The van der Waals surface area contributed by atoms with Crippen molar-refractivity contribution in [1.82, 2.24) is 10.6 Å². The number of nitrogens with one attached hydrogen (secondary N) is 2. The highest BCUT2D eigenvalue weighted by Gasteiger charge is 2.21. The summed E-state index contributed by atoms with van der Waals surface area (Å²) >= 11 is 0. The molecule has 0 saturated heterocycles. The summed E-state index contributed by atoms with van der Waals surface area (Å²) in [6.45, 7) is 6.42. The Balaban J connectivity index is 2.30. The second-order valence-corrected chi connectivity index (χ2v) is 6.10. The first-order valence-corrected chi connectivity index (χ1v) is 7.19. The predicted molar refractivity (Wildman–Crippen MR) is 73.4 cm³/mol. The number of aliphatic hydroxyl groups excluding tert-OH is 1. The number of urea groups is 1. The van der Waals surface area contributed by atoms with Crippen LogP contribution in [0.1, 0.15) is 52.9 Å². The van der Waals surface area contributed by atoms with E-state index in [2.05, 4.69) is 31.4 Å². The summed E-state index contributed by atoms with van der Waals surface area (Å²) in [5.74, 6) is 1.17. The summed E-state index contributed by atoms with van der Waals surface area (Å²) in [4.78, 5) is 11.8. The van der Waals surface area contributed by atoms with Crippen molar-refractivity contribution in [3.8, 4) is 0 Å². The van der Waals surface area contributed by atoms with Gasteiger partial charge in [0.25, 0.3) is 0 Å². The highest BCUT2D eigenvalue weighted by Crippen LogP contribution is 2.23. The van der Waals surface area contributed by atoms with Crippen LogP contribution in [0.5, 0.6) is 0 Å². The highest BCUT2D eigenvalue weighted by molar-refractivity contribution is 5.74. The van der Waals surface area contributed by atoms with Crippen molar-refractivity contribution in [1.29, 1.82) is 0 Å². The fourth-order valence-corrected chi connectivity index (χ4v) is 2.73. The summed E-state index contributed by atoms with van der Waals surface area (Å²) in [7, 11) is 0. The Bertz CT molecular complexity index is 248. The smallest absolute Gasteiger partial charge is 0.315 e. The summed E-state index contributed by atoms with van der Waals surface area (Å²) in [5, 5.41) is 15.1. The molecule has 0 spiro atoms. The highest BCUT2D eigenvalue weighted by atomic mass is 16.3. The molecule has 3 unspecified atom stereocenters. The molecule has 18 heavy (non-hydrogen) atoms. The van der Waals surface area contributed by atoms with Crippen LogP contribution in [0, 0.1) is 11.8 Å². The van der Waals surface area contributed by atoms with Crippen LogP contribution >= 0.6 is 0 Å². The van der Waals surface area contributed by atoms with Gasteiger partial charge in [0, 0.05) is 6.04 Å². The van der Waals surface area contributed by atoms with Gasteiger partial charge in [-0.15, -0.1) is 0 Å². The first-order valence-electron chi connectivity index (χ1n) is 7.19. The number of carbonyl (C=O) groups excluding carboxylic acids is 1. The molecule has 3 N–H and O–H groups in total. The Morgan fingerprint density at radius 1 is 1.39 bits per heavy atom. The Morgan fingerprint density at radius 3 is 2.67 bits per heavy atom. The molecular formula is C14H28N2O2. The molecule has 0 radical (unpaired) electrons. The molecule has 0 aromatic carbocycles. The van der Waals surface area contributed by atoms with Gasteiger partial charge in [-0.2, -0.15) is 0 Å². The van der Waals surface area contributed by atoms with Gasteiger partial charge in [0.2, 0.25) is 0 Å². The maximum absolute atomic E-state index is 11.8. The minimum Gasteiger partial charge on any atom is -0.394 e. The van der Waals surface area contributed by atoms with E-state index >= 15 is 0 Å². The van der Waals surface area contributed by atoms with Gasteiger partial charge in [0.1, 0.15) is 0 Å². The lowest BCUT2D eigenvalue weighted by molar-refractivity contribution is 0.200. The van der Waals surface area contributed by atoms with Gasteiger partial charge in [0.15, 0.2) is 0 Å². The lowest BCUT2D eigenvalue weighted by atomic mass is 9.87. The number of aliphatic hydroxyl groups is 1. The zero-order valence-electron chi connectivity index (χ0n) is 11.9. The van der Waals surface area contributed by atoms with Crippen LogP contribution in [-0.2, 0) is 0 Å². The molecule has 0 aliphatic heterocycles. The van der Waals surface area contributed by atoms with E-state index in [9.17, 15) is 9.90 Å². The van der Waals surface area contributed by atoms with E-state index in [1.165, 1.54) is 12.8 Å². The van der Waals surface area contributed by atoms with Gasteiger partial charge in [-0.1, -0.05) is 33.6 Å². The monoisotopic (exact) mass is 256 g/mol. The number of hydrogen-bond donors (Lipinski definition) is 3. The quantitative estimate of drug-likeness (QED) is 0.706. The maximum Gasteiger partial charge on any atom is 0.315 e. The fraction of sp³-hybridized carbons (Fsp3) is 0.929. The first kappa shape index (κ1) is 15.3. The average molecular weight is 256 g/mol. The van der Waals surface area contributed by atoms with E-state index < -0.39 is 0 Å². The third-order valence-electron chi connectivity index (χ3n) is 3.58. The van der Waals surface area contributed by atoms with Crippen molar-refractivity contribution < 1.29 is 9.90 Å². The Kier molecular flexibility index (Phi) is 6.47. The molecule has 0 heterocycles. The summed E-state index contributed by atoms with van der Waals surface area (Å²) < 4.78 is 0.